The van der Waals surface area contributed by atoms with E-state index in [0.717, 1.165) is 16.8 Å². The highest BCUT2D eigenvalue weighted by Gasteiger charge is 2.15. The molecule has 10 heteroatoms. The lowest BCUT2D eigenvalue weighted by molar-refractivity contribution is -0.113. The van der Waals surface area contributed by atoms with Gasteiger partial charge in [0, 0.05) is 6.20 Å². The van der Waals surface area contributed by atoms with Crippen molar-refractivity contribution in [3.8, 4) is 5.69 Å². The van der Waals surface area contributed by atoms with E-state index in [1.807, 2.05) is 32.0 Å². The number of aromatic nitrogens is 5. The number of carbonyl (C=O) groups is 1. The first-order chi connectivity index (χ1) is 12.5. The molecule has 3 rings (SSSR count). The van der Waals surface area contributed by atoms with E-state index >= 15 is 0 Å². The molecule has 2 heterocycles. The van der Waals surface area contributed by atoms with Gasteiger partial charge in [0.05, 0.1) is 21.5 Å². The molecule has 134 valence electrons. The van der Waals surface area contributed by atoms with E-state index < -0.39 is 0 Å². The van der Waals surface area contributed by atoms with Crippen LogP contribution in [0.4, 0.5) is 5.82 Å². The molecule has 0 radical (unpaired) electrons. The maximum Gasteiger partial charge on any atom is 0.236 e. The van der Waals surface area contributed by atoms with Crippen molar-refractivity contribution in [2.24, 2.45) is 0 Å². The predicted molar refractivity (Wildman–Crippen MR) is 102 cm³/mol. The maximum atomic E-state index is 12.2. The van der Waals surface area contributed by atoms with E-state index in [-0.39, 0.29) is 22.5 Å². The van der Waals surface area contributed by atoms with E-state index in [1.165, 1.54) is 24.0 Å². The summed E-state index contributed by atoms with van der Waals surface area (Å²) in [5.41, 5.74) is 3.08. The second kappa shape index (κ2) is 8.03. The van der Waals surface area contributed by atoms with Crippen molar-refractivity contribution in [3.05, 3.63) is 51.6 Å². The van der Waals surface area contributed by atoms with Crippen LogP contribution in [0.15, 0.2) is 35.6 Å². The van der Waals surface area contributed by atoms with Crippen LogP contribution in [0, 0.1) is 13.8 Å². The van der Waals surface area contributed by atoms with Crippen LogP contribution in [-0.4, -0.2) is 36.9 Å². The number of benzene rings is 1. The van der Waals surface area contributed by atoms with Crippen molar-refractivity contribution in [2.75, 3.05) is 11.1 Å². The molecule has 0 bridgehead atoms. The number of carbonyl (C=O) groups excluding carboxylic acids is 1. The summed E-state index contributed by atoms with van der Waals surface area (Å²) in [5.74, 6) is 0.0873. The quantitative estimate of drug-likeness (QED) is 0.647. The van der Waals surface area contributed by atoms with Crippen LogP contribution in [0.1, 0.15) is 11.1 Å². The average Bonchev–Trinajstić information content (AvgIpc) is 3.06. The number of nitrogens with zero attached hydrogens (tertiary/aromatic N) is 5. The lowest BCUT2D eigenvalue weighted by Crippen LogP contribution is -2.16. The van der Waals surface area contributed by atoms with Gasteiger partial charge in [-0.3, -0.25) is 4.79 Å². The Labute approximate surface area is 164 Å². The molecule has 1 amide bonds. The van der Waals surface area contributed by atoms with Crippen molar-refractivity contribution in [3.63, 3.8) is 0 Å². The van der Waals surface area contributed by atoms with Gasteiger partial charge < -0.3 is 5.32 Å². The highest BCUT2D eigenvalue weighted by molar-refractivity contribution is 7.99. The lowest BCUT2D eigenvalue weighted by atomic mass is 10.1. The largest absolute Gasteiger partial charge is 0.309 e. The zero-order chi connectivity index (χ0) is 18.7. The number of hydrogen-bond acceptors (Lipinski definition) is 6. The Balaban J connectivity index is 1.70. The van der Waals surface area contributed by atoms with E-state index in [9.17, 15) is 4.79 Å². The molecule has 0 atom stereocenters. The SMILES string of the molecule is Cc1cccc(-n2nnnc2SCC(=O)Nc2ncc(Cl)cc2Cl)c1C. The molecule has 3 aromatic rings. The van der Waals surface area contributed by atoms with Crippen molar-refractivity contribution in [1.82, 2.24) is 25.2 Å². The number of tetrazole rings is 1. The molecule has 0 spiro atoms. The van der Waals surface area contributed by atoms with Gasteiger partial charge >= 0.3 is 0 Å². The molecule has 7 nitrogen and oxygen atoms in total. The van der Waals surface area contributed by atoms with Crippen LogP contribution in [0.2, 0.25) is 10.0 Å². The van der Waals surface area contributed by atoms with Crippen LogP contribution in [0.5, 0.6) is 0 Å². The molecule has 0 aliphatic carbocycles. The van der Waals surface area contributed by atoms with Crippen LogP contribution in [-0.2, 0) is 4.79 Å². The number of halogens is 2. The first-order valence-corrected chi connectivity index (χ1v) is 9.28. The second-order valence-corrected chi connectivity index (χ2v) is 7.20. The number of amides is 1. The fourth-order valence-electron chi connectivity index (χ4n) is 2.19. The van der Waals surface area contributed by atoms with Gasteiger partial charge in [0.25, 0.3) is 0 Å². The summed E-state index contributed by atoms with van der Waals surface area (Å²) < 4.78 is 1.62. The standard InChI is InChI=1S/C16H14Cl2N6OS/c1-9-4-3-5-13(10(9)2)24-16(21-22-23-24)26-8-14(25)20-15-12(18)6-11(17)7-19-15/h3-7H,8H2,1-2H3,(H,19,20,25). The Morgan fingerprint density at radius 2 is 2.12 bits per heavy atom. The molecule has 0 saturated heterocycles. The third-order valence-electron chi connectivity index (χ3n) is 3.64. The van der Waals surface area contributed by atoms with Gasteiger partial charge in [0.1, 0.15) is 0 Å². The van der Waals surface area contributed by atoms with Crippen LogP contribution in [0.25, 0.3) is 5.69 Å². The Hall–Kier alpha value is -2.16. The minimum absolute atomic E-state index is 0.103. The summed E-state index contributed by atoms with van der Waals surface area (Å²) in [4.78, 5) is 16.2. The summed E-state index contributed by atoms with van der Waals surface area (Å²) in [6.07, 6.45) is 1.41. The van der Waals surface area contributed by atoms with Crippen molar-refractivity contribution in [1.29, 1.82) is 0 Å². The molecule has 26 heavy (non-hydrogen) atoms. The Bertz CT molecular complexity index is 962. The number of hydrogen-bond donors (Lipinski definition) is 1. The first-order valence-electron chi connectivity index (χ1n) is 7.54. The van der Waals surface area contributed by atoms with E-state index in [4.69, 9.17) is 23.2 Å². The molecule has 0 aliphatic heterocycles. The number of thioether (sulfide) groups is 1. The van der Waals surface area contributed by atoms with Gasteiger partial charge in [0.2, 0.25) is 11.1 Å². The van der Waals surface area contributed by atoms with Gasteiger partial charge in [-0.2, -0.15) is 4.68 Å². The molecular formula is C16H14Cl2N6OS. The summed E-state index contributed by atoms with van der Waals surface area (Å²) in [7, 11) is 0. The zero-order valence-electron chi connectivity index (χ0n) is 13.9. The van der Waals surface area contributed by atoms with E-state index in [2.05, 4.69) is 25.8 Å². The molecule has 0 fully saturated rings. The zero-order valence-corrected chi connectivity index (χ0v) is 16.2. The minimum Gasteiger partial charge on any atom is -0.309 e. The summed E-state index contributed by atoms with van der Waals surface area (Å²) in [5, 5.41) is 15.6. The second-order valence-electron chi connectivity index (χ2n) is 5.41. The number of nitrogens with one attached hydrogen (secondary N) is 1. The van der Waals surface area contributed by atoms with E-state index in [1.54, 1.807) is 4.68 Å². The third kappa shape index (κ3) is 4.14. The molecule has 0 saturated carbocycles. The molecule has 0 unspecified atom stereocenters. The molecule has 2 aromatic heterocycles. The van der Waals surface area contributed by atoms with Crippen LogP contribution in [0.3, 0.4) is 0 Å². The van der Waals surface area contributed by atoms with Crippen molar-refractivity contribution >= 4 is 46.7 Å². The van der Waals surface area contributed by atoms with Crippen LogP contribution < -0.4 is 5.32 Å². The molecule has 1 aromatic carbocycles. The normalized spacial score (nSPS) is 10.8. The highest BCUT2D eigenvalue weighted by Crippen LogP contribution is 2.24. The van der Waals surface area contributed by atoms with Crippen molar-refractivity contribution in [2.45, 2.75) is 19.0 Å². The highest BCUT2D eigenvalue weighted by atomic mass is 35.5. The minimum atomic E-state index is -0.276. The Kier molecular flexibility index (Phi) is 5.75. The first kappa shape index (κ1) is 18.6. The molecule has 0 aliphatic rings. The molecular weight excluding hydrogens is 395 g/mol. The van der Waals surface area contributed by atoms with Gasteiger partial charge in [0.15, 0.2) is 5.82 Å². The van der Waals surface area contributed by atoms with Gasteiger partial charge in [-0.25, -0.2) is 4.98 Å². The maximum absolute atomic E-state index is 12.2. The average molecular weight is 409 g/mol. The third-order valence-corrected chi connectivity index (χ3v) is 5.06. The van der Waals surface area contributed by atoms with E-state index in [0.29, 0.717) is 10.2 Å². The predicted octanol–water partition coefficient (Wildman–Crippen LogP) is 3.71. The van der Waals surface area contributed by atoms with Crippen molar-refractivity contribution < 1.29 is 4.79 Å². The summed E-state index contributed by atoms with van der Waals surface area (Å²) >= 11 is 13.0. The lowest BCUT2D eigenvalue weighted by Gasteiger charge is -2.09. The topological polar surface area (TPSA) is 85.6 Å². The Morgan fingerprint density at radius 1 is 1.31 bits per heavy atom. The smallest absolute Gasteiger partial charge is 0.236 e. The monoisotopic (exact) mass is 408 g/mol. The fraction of sp³-hybridized carbons (Fsp3) is 0.188. The number of pyridine rings is 1. The fourth-order valence-corrected chi connectivity index (χ4v) is 3.30. The summed E-state index contributed by atoms with van der Waals surface area (Å²) in [6, 6.07) is 7.40. The van der Waals surface area contributed by atoms with Gasteiger partial charge in [-0.05, 0) is 47.5 Å². The molecule has 1 N–H and O–H groups in total. The van der Waals surface area contributed by atoms with Gasteiger partial charge in [-0.15, -0.1) is 5.10 Å². The Morgan fingerprint density at radius 3 is 2.88 bits per heavy atom. The van der Waals surface area contributed by atoms with Gasteiger partial charge in [-0.1, -0.05) is 47.1 Å². The van der Waals surface area contributed by atoms with Crippen LogP contribution >= 0.6 is 35.0 Å². The summed E-state index contributed by atoms with van der Waals surface area (Å²) in [6.45, 7) is 4.02. The number of anilines is 1. The number of aryl methyl sites for hydroxylation is 1. The number of rotatable bonds is 5.